The van der Waals surface area contributed by atoms with Crippen molar-refractivity contribution in [1.29, 1.82) is 0 Å². The predicted molar refractivity (Wildman–Crippen MR) is 68.4 cm³/mol. The van der Waals surface area contributed by atoms with E-state index in [1.807, 2.05) is 13.8 Å². The first-order valence-corrected chi connectivity index (χ1v) is 6.16. The Labute approximate surface area is 108 Å². The molecule has 18 heavy (non-hydrogen) atoms. The molecule has 1 amide bonds. The molecular formula is C13H22N2O3. The van der Waals surface area contributed by atoms with Crippen molar-refractivity contribution in [3.05, 3.63) is 17.0 Å². The molecule has 0 aliphatic carbocycles. The first-order valence-electron chi connectivity index (χ1n) is 6.16. The summed E-state index contributed by atoms with van der Waals surface area (Å²) in [5, 5.41) is 16.6. The van der Waals surface area contributed by atoms with Crippen LogP contribution in [0.5, 0.6) is 0 Å². The molecule has 0 fully saturated rings. The molecule has 2 N–H and O–H groups in total. The van der Waals surface area contributed by atoms with Crippen LogP contribution in [0.4, 0.5) is 0 Å². The monoisotopic (exact) mass is 254 g/mol. The van der Waals surface area contributed by atoms with Crippen molar-refractivity contribution >= 4 is 5.91 Å². The van der Waals surface area contributed by atoms with Crippen LogP contribution in [0.1, 0.15) is 49.0 Å². The highest BCUT2D eigenvalue weighted by atomic mass is 16.5. The number of aryl methyl sites for hydroxylation is 2. The van der Waals surface area contributed by atoms with Crippen LogP contribution in [0.3, 0.4) is 0 Å². The van der Waals surface area contributed by atoms with E-state index in [9.17, 15) is 9.90 Å². The van der Waals surface area contributed by atoms with Gasteiger partial charge in [-0.3, -0.25) is 4.79 Å². The number of carbonyl (C=O) groups is 1. The lowest BCUT2D eigenvalue weighted by atomic mass is 9.94. The van der Waals surface area contributed by atoms with Crippen LogP contribution >= 0.6 is 0 Å². The number of amides is 1. The fraction of sp³-hybridized carbons (Fsp3) is 0.692. The highest BCUT2D eigenvalue weighted by Gasteiger charge is 2.24. The molecule has 1 rings (SSSR count). The van der Waals surface area contributed by atoms with Gasteiger partial charge in [0.25, 0.3) is 5.91 Å². The van der Waals surface area contributed by atoms with Crippen molar-refractivity contribution < 1.29 is 14.4 Å². The van der Waals surface area contributed by atoms with Gasteiger partial charge >= 0.3 is 0 Å². The van der Waals surface area contributed by atoms with Crippen molar-refractivity contribution in [3.8, 4) is 0 Å². The fourth-order valence-electron chi connectivity index (χ4n) is 2.12. The molecule has 0 aliphatic heterocycles. The second-order valence-electron chi connectivity index (χ2n) is 5.48. The first-order chi connectivity index (χ1) is 8.23. The van der Waals surface area contributed by atoms with Crippen molar-refractivity contribution in [3.63, 3.8) is 0 Å². The van der Waals surface area contributed by atoms with Gasteiger partial charge in [-0.15, -0.1) is 0 Å². The fourth-order valence-corrected chi connectivity index (χ4v) is 2.12. The molecule has 102 valence electrons. The number of carbonyl (C=O) groups excluding carboxylic acids is 1. The highest BCUT2D eigenvalue weighted by Crippen LogP contribution is 2.16. The third-order valence-corrected chi connectivity index (χ3v) is 2.74. The lowest BCUT2D eigenvalue weighted by Crippen LogP contribution is -2.41. The predicted octanol–water partition coefficient (Wildman–Crippen LogP) is 1.82. The number of hydrogen-bond acceptors (Lipinski definition) is 4. The number of hydrogen-bond donors (Lipinski definition) is 2. The first kappa shape index (κ1) is 14.7. The molecule has 5 nitrogen and oxygen atoms in total. The van der Waals surface area contributed by atoms with E-state index < -0.39 is 5.60 Å². The van der Waals surface area contributed by atoms with E-state index in [0.29, 0.717) is 29.4 Å². The van der Waals surface area contributed by atoms with E-state index in [0.717, 1.165) is 0 Å². The molecule has 0 radical (unpaired) electrons. The van der Waals surface area contributed by atoms with Gasteiger partial charge in [-0.25, -0.2) is 0 Å². The Morgan fingerprint density at radius 3 is 2.56 bits per heavy atom. The largest absolute Gasteiger partial charge is 0.388 e. The number of nitrogens with zero attached hydrogens (tertiary/aromatic N) is 1. The van der Waals surface area contributed by atoms with Gasteiger partial charge in [0.1, 0.15) is 11.3 Å². The van der Waals surface area contributed by atoms with Crippen molar-refractivity contribution in [1.82, 2.24) is 10.5 Å². The second kappa shape index (κ2) is 5.52. The van der Waals surface area contributed by atoms with E-state index in [-0.39, 0.29) is 12.5 Å². The quantitative estimate of drug-likeness (QED) is 0.840. The van der Waals surface area contributed by atoms with Crippen LogP contribution in [0.2, 0.25) is 0 Å². The van der Waals surface area contributed by atoms with E-state index in [2.05, 4.69) is 10.5 Å². The molecule has 0 spiro atoms. The zero-order valence-corrected chi connectivity index (χ0v) is 11.7. The summed E-state index contributed by atoms with van der Waals surface area (Å²) < 4.78 is 4.94. The van der Waals surface area contributed by atoms with Crippen molar-refractivity contribution in [2.24, 2.45) is 5.92 Å². The Hall–Kier alpha value is -1.36. The molecule has 0 aromatic carbocycles. The van der Waals surface area contributed by atoms with Crippen LogP contribution < -0.4 is 5.32 Å². The summed E-state index contributed by atoms with van der Waals surface area (Å²) in [4.78, 5) is 12.0. The summed E-state index contributed by atoms with van der Waals surface area (Å²) >= 11 is 0. The lowest BCUT2D eigenvalue weighted by molar-refractivity contribution is 0.0368. The van der Waals surface area contributed by atoms with Gasteiger partial charge in [-0.1, -0.05) is 19.0 Å². The number of nitrogens with one attached hydrogen (secondary N) is 1. The van der Waals surface area contributed by atoms with Gasteiger partial charge < -0.3 is 14.9 Å². The van der Waals surface area contributed by atoms with Gasteiger partial charge in [0.2, 0.25) is 0 Å². The Morgan fingerprint density at radius 2 is 2.11 bits per heavy atom. The van der Waals surface area contributed by atoms with Crippen LogP contribution in [0.15, 0.2) is 4.52 Å². The highest BCUT2D eigenvalue weighted by molar-refractivity contribution is 5.96. The molecular weight excluding hydrogens is 232 g/mol. The molecule has 0 aliphatic rings. The Kier molecular flexibility index (Phi) is 4.51. The zero-order chi connectivity index (χ0) is 13.9. The minimum absolute atomic E-state index is 0.216. The van der Waals surface area contributed by atoms with Crippen LogP contribution in [-0.2, 0) is 0 Å². The number of rotatable bonds is 5. The molecule has 1 aromatic rings. The minimum atomic E-state index is -0.900. The smallest absolute Gasteiger partial charge is 0.256 e. The standard InChI is InChI=1S/C13H22N2O3/c1-8(2)6-13(5,17)7-14-12(16)11-9(3)15-18-10(11)4/h8,17H,6-7H2,1-5H3,(H,14,16). The second-order valence-corrected chi connectivity index (χ2v) is 5.48. The Morgan fingerprint density at radius 1 is 1.50 bits per heavy atom. The van der Waals surface area contributed by atoms with Crippen LogP contribution in [0, 0.1) is 19.8 Å². The maximum absolute atomic E-state index is 12.0. The summed E-state index contributed by atoms with van der Waals surface area (Å²) in [6, 6.07) is 0. The summed E-state index contributed by atoms with van der Waals surface area (Å²) in [6.07, 6.45) is 0.634. The SMILES string of the molecule is Cc1noc(C)c1C(=O)NCC(C)(O)CC(C)C. The molecule has 1 unspecified atom stereocenters. The third-order valence-electron chi connectivity index (χ3n) is 2.74. The molecule has 0 saturated carbocycles. The average molecular weight is 254 g/mol. The molecule has 1 heterocycles. The third kappa shape index (κ3) is 3.84. The average Bonchev–Trinajstić information content (AvgIpc) is 2.53. The molecule has 1 atom stereocenters. The molecule has 0 saturated heterocycles. The summed E-state index contributed by atoms with van der Waals surface area (Å²) in [5.74, 6) is 0.611. The topological polar surface area (TPSA) is 75.4 Å². The molecule has 0 bridgehead atoms. The Balaban J connectivity index is 2.62. The van der Waals surface area contributed by atoms with Crippen LogP contribution in [-0.4, -0.2) is 28.3 Å². The van der Waals surface area contributed by atoms with Crippen molar-refractivity contribution in [2.75, 3.05) is 6.54 Å². The summed E-state index contributed by atoms with van der Waals surface area (Å²) in [6.45, 7) is 9.42. The maximum Gasteiger partial charge on any atom is 0.256 e. The van der Waals surface area contributed by atoms with Gasteiger partial charge in [0.15, 0.2) is 0 Å². The minimum Gasteiger partial charge on any atom is -0.388 e. The number of aromatic nitrogens is 1. The van der Waals surface area contributed by atoms with E-state index in [1.165, 1.54) is 0 Å². The normalized spacial score (nSPS) is 14.6. The van der Waals surface area contributed by atoms with Gasteiger partial charge in [0.05, 0.1) is 11.3 Å². The molecule has 1 aromatic heterocycles. The lowest BCUT2D eigenvalue weighted by Gasteiger charge is -2.25. The number of aliphatic hydroxyl groups is 1. The summed E-state index contributed by atoms with van der Waals surface area (Å²) in [5.41, 5.74) is 0.117. The van der Waals surface area contributed by atoms with Crippen LogP contribution in [0.25, 0.3) is 0 Å². The maximum atomic E-state index is 12.0. The molecule has 5 heteroatoms. The van der Waals surface area contributed by atoms with Gasteiger partial charge in [0, 0.05) is 6.54 Å². The zero-order valence-electron chi connectivity index (χ0n) is 11.7. The van der Waals surface area contributed by atoms with E-state index >= 15 is 0 Å². The van der Waals surface area contributed by atoms with Crippen molar-refractivity contribution in [2.45, 2.75) is 46.6 Å². The van der Waals surface area contributed by atoms with E-state index in [4.69, 9.17) is 4.52 Å². The summed E-state index contributed by atoms with van der Waals surface area (Å²) in [7, 11) is 0. The van der Waals surface area contributed by atoms with Gasteiger partial charge in [-0.2, -0.15) is 0 Å². The van der Waals surface area contributed by atoms with Gasteiger partial charge in [-0.05, 0) is 33.1 Å². The van der Waals surface area contributed by atoms with E-state index in [1.54, 1.807) is 20.8 Å². The Bertz CT molecular complexity index is 402.